The summed E-state index contributed by atoms with van der Waals surface area (Å²) in [7, 11) is 1.67. The van der Waals surface area contributed by atoms with Gasteiger partial charge < -0.3 is 15.0 Å². The lowest BCUT2D eigenvalue weighted by molar-refractivity contribution is 0.412. The van der Waals surface area contributed by atoms with E-state index in [1.165, 1.54) is 5.56 Å². The van der Waals surface area contributed by atoms with Crippen LogP contribution in [0.15, 0.2) is 41.0 Å². The van der Waals surface area contributed by atoms with Crippen LogP contribution in [0.25, 0.3) is 0 Å². The third-order valence-corrected chi connectivity index (χ3v) is 3.52. The average Bonchev–Trinajstić information content (AvgIpc) is 2.77. The van der Waals surface area contributed by atoms with Gasteiger partial charge in [-0.3, -0.25) is 0 Å². The van der Waals surface area contributed by atoms with Gasteiger partial charge in [0.05, 0.1) is 11.6 Å². The smallest absolute Gasteiger partial charge is 0.133 e. The molecule has 0 amide bonds. The number of nitrogens with two attached hydrogens (primary N) is 1. The van der Waals surface area contributed by atoms with Gasteiger partial charge in [0.15, 0.2) is 0 Å². The van der Waals surface area contributed by atoms with Gasteiger partial charge in [-0.15, -0.1) is 0 Å². The Morgan fingerprint density at radius 2 is 2.17 bits per heavy atom. The molecular weight excluding hydrogens is 292 g/mol. The fraction of sp³-hybridized carbons (Fsp3) is 0.286. The zero-order valence-electron chi connectivity index (χ0n) is 10.6. The topological polar surface area (TPSA) is 40.2 Å². The summed E-state index contributed by atoms with van der Waals surface area (Å²) in [5.41, 5.74) is 8.29. The first kappa shape index (κ1) is 13.2. The molecule has 0 radical (unpaired) electrons. The number of benzene rings is 1. The highest BCUT2D eigenvalue weighted by atomic mass is 79.9. The molecule has 1 heterocycles. The van der Waals surface area contributed by atoms with Crippen molar-refractivity contribution in [2.24, 2.45) is 5.73 Å². The van der Waals surface area contributed by atoms with Crippen LogP contribution in [0.2, 0.25) is 0 Å². The van der Waals surface area contributed by atoms with Crippen LogP contribution in [0.4, 0.5) is 0 Å². The fourth-order valence-electron chi connectivity index (χ4n) is 1.99. The molecule has 18 heavy (non-hydrogen) atoms. The van der Waals surface area contributed by atoms with Crippen molar-refractivity contribution >= 4 is 15.9 Å². The first-order valence-corrected chi connectivity index (χ1v) is 6.64. The highest BCUT2D eigenvalue weighted by molar-refractivity contribution is 9.10. The minimum Gasteiger partial charge on any atom is -0.496 e. The Hall–Kier alpha value is -1.26. The standard InChI is InChI=1S/C14H17BrN2O/c1-10(16)13-4-3-7-17(13)9-11-5-6-14(18-2)12(15)8-11/h3-8,10H,9,16H2,1-2H3. The zero-order valence-corrected chi connectivity index (χ0v) is 12.1. The molecule has 0 saturated heterocycles. The first-order valence-electron chi connectivity index (χ1n) is 5.85. The average molecular weight is 309 g/mol. The Kier molecular flexibility index (Phi) is 4.09. The predicted octanol–water partition coefficient (Wildman–Crippen LogP) is 3.33. The summed E-state index contributed by atoms with van der Waals surface area (Å²) in [5, 5.41) is 0. The maximum absolute atomic E-state index is 5.94. The lowest BCUT2D eigenvalue weighted by Gasteiger charge is -2.13. The van der Waals surface area contributed by atoms with Crippen molar-refractivity contribution in [1.29, 1.82) is 0 Å². The molecule has 2 rings (SSSR count). The molecule has 1 aromatic carbocycles. The zero-order chi connectivity index (χ0) is 13.1. The number of hydrogen-bond acceptors (Lipinski definition) is 2. The molecule has 4 heteroatoms. The van der Waals surface area contributed by atoms with Crippen LogP contribution in [-0.2, 0) is 6.54 Å². The predicted molar refractivity (Wildman–Crippen MR) is 76.8 cm³/mol. The van der Waals surface area contributed by atoms with E-state index in [2.05, 4.69) is 44.9 Å². The molecular formula is C14H17BrN2O. The van der Waals surface area contributed by atoms with Crippen LogP contribution < -0.4 is 10.5 Å². The van der Waals surface area contributed by atoms with E-state index in [9.17, 15) is 0 Å². The second-order valence-electron chi connectivity index (χ2n) is 4.32. The summed E-state index contributed by atoms with van der Waals surface area (Å²) in [6.07, 6.45) is 2.05. The normalized spacial score (nSPS) is 12.4. The van der Waals surface area contributed by atoms with Crippen LogP contribution in [-0.4, -0.2) is 11.7 Å². The molecule has 0 aliphatic heterocycles. The van der Waals surface area contributed by atoms with Crippen molar-refractivity contribution in [2.45, 2.75) is 19.5 Å². The molecule has 0 spiro atoms. The summed E-state index contributed by atoms with van der Waals surface area (Å²) in [4.78, 5) is 0. The largest absolute Gasteiger partial charge is 0.496 e. The summed E-state index contributed by atoms with van der Waals surface area (Å²) < 4.78 is 8.36. The third kappa shape index (κ3) is 2.76. The van der Waals surface area contributed by atoms with Gasteiger partial charge in [0.2, 0.25) is 0 Å². The maximum atomic E-state index is 5.94. The summed E-state index contributed by atoms with van der Waals surface area (Å²) in [6.45, 7) is 2.81. The van der Waals surface area contributed by atoms with Crippen LogP contribution in [0, 0.1) is 0 Å². The number of halogens is 1. The highest BCUT2D eigenvalue weighted by Gasteiger charge is 2.07. The Balaban J connectivity index is 2.23. The number of aromatic nitrogens is 1. The van der Waals surface area contributed by atoms with E-state index in [0.717, 1.165) is 22.5 Å². The molecule has 0 fully saturated rings. The number of methoxy groups -OCH3 is 1. The number of rotatable bonds is 4. The quantitative estimate of drug-likeness (QED) is 0.941. The van der Waals surface area contributed by atoms with Gasteiger partial charge in [0.1, 0.15) is 5.75 Å². The molecule has 1 aromatic heterocycles. The molecule has 0 saturated carbocycles. The lowest BCUT2D eigenvalue weighted by atomic mass is 10.2. The summed E-state index contributed by atoms with van der Waals surface area (Å²) >= 11 is 3.50. The van der Waals surface area contributed by atoms with Crippen LogP contribution >= 0.6 is 15.9 Å². The summed E-state index contributed by atoms with van der Waals surface area (Å²) in [5.74, 6) is 0.846. The van der Waals surface area contributed by atoms with Gasteiger partial charge in [-0.25, -0.2) is 0 Å². The van der Waals surface area contributed by atoms with Crippen molar-refractivity contribution in [3.63, 3.8) is 0 Å². The van der Waals surface area contributed by atoms with Gasteiger partial charge in [-0.05, 0) is 52.7 Å². The summed E-state index contributed by atoms with van der Waals surface area (Å²) in [6, 6.07) is 10.2. The van der Waals surface area contributed by atoms with E-state index >= 15 is 0 Å². The van der Waals surface area contributed by atoms with E-state index < -0.39 is 0 Å². The van der Waals surface area contributed by atoms with Gasteiger partial charge in [-0.2, -0.15) is 0 Å². The van der Waals surface area contributed by atoms with E-state index in [1.54, 1.807) is 7.11 Å². The highest BCUT2D eigenvalue weighted by Crippen LogP contribution is 2.26. The van der Waals surface area contributed by atoms with Gasteiger partial charge >= 0.3 is 0 Å². The molecule has 1 atom stereocenters. The lowest BCUT2D eigenvalue weighted by Crippen LogP contribution is -2.12. The minimum atomic E-state index is 0.0432. The second-order valence-corrected chi connectivity index (χ2v) is 5.17. The maximum Gasteiger partial charge on any atom is 0.133 e. The van der Waals surface area contributed by atoms with E-state index in [-0.39, 0.29) is 6.04 Å². The van der Waals surface area contributed by atoms with Gasteiger partial charge in [-0.1, -0.05) is 6.07 Å². The SMILES string of the molecule is COc1ccc(Cn2cccc2C(C)N)cc1Br. The Morgan fingerprint density at radius 3 is 2.78 bits per heavy atom. The first-order chi connectivity index (χ1) is 8.61. The molecule has 3 nitrogen and oxygen atoms in total. The number of hydrogen-bond donors (Lipinski definition) is 1. The molecule has 2 N–H and O–H groups in total. The van der Waals surface area contributed by atoms with Crippen molar-refractivity contribution in [3.05, 3.63) is 52.3 Å². The molecule has 0 bridgehead atoms. The van der Waals surface area contributed by atoms with E-state index in [4.69, 9.17) is 10.5 Å². The molecule has 0 aliphatic carbocycles. The van der Waals surface area contributed by atoms with Crippen molar-refractivity contribution in [3.8, 4) is 5.75 Å². The Bertz CT molecular complexity index is 534. The Morgan fingerprint density at radius 1 is 1.39 bits per heavy atom. The second kappa shape index (κ2) is 5.59. The van der Waals surface area contributed by atoms with Crippen molar-refractivity contribution in [1.82, 2.24) is 4.57 Å². The molecule has 2 aromatic rings. The Labute approximate surface area is 116 Å². The van der Waals surface area contributed by atoms with Crippen LogP contribution in [0.3, 0.4) is 0 Å². The number of nitrogens with zero attached hydrogens (tertiary/aromatic N) is 1. The number of ether oxygens (including phenoxy) is 1. The van der Waals surface area contributed by atoms with E-state index in [0.29, 0.717) is 0 Å². The van der Waals surface area contributed by atoms with Crippen LogP contribution in [0.1, 0.15) is 24.2 Å². The molecule has 1 unspecified atom stereocenters. The van der Waals surface area contributed by atoms with Crippen molar-refractivity contribution in [2.75, 3.05) is 7.11 Å². The van der Waals surface area contributed by atoms with Crippen LogP contribution in [0.5, 0.6) is 5.75 Å². The molecule has 96 valence electrons. The fourth-order valence-corrected chi connectivity index (χ4v) is 2.58. The van der Waals surface area contributed by atoms with E-state index in [1.807, 2.05) is 19.1 Å². The van der Waals surface area contributed by atoms with Gasteiger partial charge in [0, 0.05) is 24.5 Å². The minimum absolute atomic E-state index is 0.0432. The third-order valence-electron chi connectivity index (χ3n) is 2.90. The van der Waals surface area contributed by atoms with Gasteiger partial charge in [0.25, 0.3) is 0 Å². The monoisotopic (exact) mass is 308 g/mol. The molecule has 0 aliphatic rings. The van der Waals surface area contributed by atoms with Crippen molar-refractivity contribution < 1.29 is 4.74 Å².